The first-order valence-corrected chi connectivity index (χ1v) is 11.8. The lowest BCUT2D eigenvalue weighted by Gasteiger charge is -2.28. The molecule has 0 saturated heterocycles. The predicted molar refractivity (Wildman–Crippen MR) is 99.0 cm³/mol. The number of halogens is 1. The van der Waals surface area contributed by atoms with Crippen LogP contribution in [0, 0.1) is 0 Å². The molecule has 1 aromatic rings. The molecule has 0 radical (unpaired) electrons. The quantitative estimate of drug-likeness (QED) is 0.429. The predicted octanol–water partition coefficient (Wildman–Crippen LogP) is 4.56. The van der Waals surface area contributed by atoms with Crippen LogP contribution in [0.15, 0.2) is 12.1 Å². The molecular formula is C17H30ClNO2Si. The van der Waals surface area contributed by atoms with E-state index in [-0.39, 0.29) is 12.2 Å². The van der Waals surface area contributed by atoms with Gasteiger partial charge in [-0.25, -0.2) is 0 Å². The fourth-order valence-corrected chi connectivity index (χ4v) is 3.96. The number of rotatable bonds is 6. The SMILES string of the molecule is COCOc1c(C[Si](C)(C)Cl)cc(N(C)C)cc1C(C)(C)C. The smallest absolute Gasteiger partial charge is 0.188 e. The lowest BCUT2D eigenvalue weighted by molar-refractivity contribution is 0.0492. The van der Waals surface area contributed by atoms with Gasteiger partial charge in [-0.1, -0.05) is 33.9 Å². The number of ether oxygens (including phenoxy) is 2. The summed E-state index contributed by atoms with van der Waals surface area (Å²) >= 11 is 6.61. The van der Waals surface area contributed by atoms with Gasteiger partial charge in [0.15, 0.2) is 14.2 Å². The summed E-state index contributed by atoms with van der Waals surface area (Å²) in [5, 5.41) is 0. The van der Waals surface area contributed by atoms with Crippen molar-refractivity contribution in [3.63, 3.8) is 0 Å². The third-order valence-electron chi connectivity index (χ3n) is 3.41. The van der Waals surface area contributed by atoms with Gasteiger partial charge in [0, 0.05) is 32.5 Å². The second kappa shape index (κ2) is 7.24. The monoisotopic (exact) mass is 343 g/mol. The first kappa shape index (κ1) is 19.3. The molecule has 0 bridgehead atoms. The van der Waals surface area contributed by atoms with Gasteiger partial charge in [-0.2, -0.15) is 11.1 Å². The van der Waals surface area contributed by atoms with E-state index in [0.717, 1.165) is 11.8 Å². The lowest BCUT2D eigenvalue weighted by atomic mass is 9.84. The van der Waals surface area contributed by atoms with E-state index in [9.17, 15) is 0 Å². The number of hydrogen-bond acceptors (Lipinski definition) is 3. The van der Waals surface area contributed by atoms with Crippen LogP contribution in [-0.4, -0.2) is 35.4 Å². The van der Waals surface area contributed by atoms with Gasteiger partial charge in [0.1, 0.15) is 5.75 Å². The normalized spacial score (nSPS) is 12.4. The summed E-state index contributed by atoms with van der Waals surface area (Å²) in [7, 11) is 3.99. The van der Waals surface area contributed by atoms with Gasteiger partial charge >= 0.3 is 0 Å². The highest BCUT2D eigenvalue weighted by Gasteiger charge is 2.27. The maximum Gasteiger partial charge on any atom is 0.188 e. The highest BCUT2D eigenvalue weighted by atomic mass is 35.6. The van der Waals surface area contributed by atoms with Crippen molar-refractivity contribution in [2.75, 3.05) is 32.9 Å². The summed E-state index contributed by atoms with van der Waals surface area (Å²) in [6.45, 7) is 11.2. The molecule has 0 spiro atoms. The Labute approximate surface area is 141 Å². The van der Waals surface area contributed by atoms with E-state index in [2.05, 4.69) is 65.0 Å². The molecule has 22 heavy (non-hydrogen) atoms. The van der Waals surface area contributed by atoms with Crippen LogP contribution < -0.4 is 9.64 Å². The van der Waals surface area contributed by atoms with Gasteiger partial charge < -0.3 is 14.4 Å². The Morgan fingerprint density at radius 2 is 1.77 bits per heavy atom. The van der Waals surface area contributed by atoms with Crippen molar-refractivity contribution in [3.8, 4) is 5.75 Å². The Hall–Kier alpha value is -0.713. The molecule has 3 nitrogen and oxygen atoms in total. The van der Waals surface area contributed by atoms with Gasteiger partial charge in [0.25, 0.3) is 0 Å². The highest BCUT2D eigenvalue weighted by molar-refractivity contribution is 7.18. The Bertz CT molecular complexity index is 505. The molecule has 0 aliphatic carbocycles. The molecule has 0 amide bonds. The first-order valence-electron chi connectivity index (χ1n) is 7.61. The van der Waals surface area contributed by atoms with E-state index >= 15 is 0 Å². The average molecular weight is 344 g/mol. The van der Waals surface area contributed by atoms with E-state index in [1.807, 2.05) is 0 Å². The summed E-state index contributed by atoms with van der Waals surface area (Å²) in [4.78, 5) is 2.13. The van der Waals surface area contributed by atoms with Gasteiger partial charge in [0.05, 0.1) is 0 Å². The summed E-state index contributed by atoms with van der Waals surface area (Å²) in [6.07, 6.45) is 0. The van der Waals surface area contributed by atoms with Crippen LogP contribution in [0.5, 0.6) is 5.75 Å². The zero-order valence-corrected chi connectivity index (χ0v) is 17.0. The topological polar surface area (TPSA) is 21.7 Å². The molecule has 0 unspecified atom stereocenters. The van der Waals surface area contributed by atoms with Gasteiger partial charge in [0.2, 0.25) is 0 Å². The molecule has 0 saturated carbocycles. The molecule has 0 N–H and O–H groups in total. The number of benzene rings is 1. The molecule has 0 aliphatic rings. The van der Waals surface area contributed by atoms with E-state index in [4.69, 9.17) is 20.6 Å². The van der Waals surface area contributed by atoms with Crippen LogP contribution in [-0.2, 0) is 16.2 Å². The van der Waals surface area contributed by atoms with Crippen molar-refractivity contribution in [1.82, 2.24) is 0 Å². The van der Waals surface area contributed by atoms with E-state index < -0.39 is 7.38 Å². The summed E-state index contributed by atoms with van der Waals surface area (Å²) in [5.41, 5.74) is 3.54. The third-order valence-corrected chi connectivity index (χ3v) is 5.03. The fraction of sp³-hybridized carbons (Fsp3) is 0.647. The first-order chi connectivity index (χ1) is 9.95. The molecule has 0 fully saturated rings. The van der Waals surface area contributed by atoms with Crippen LogP contribution in [0.2, 0.25) is 13.1 Å². The van der Waals surface area contributed by atoms with Crippen LogP contribution in [0.4, 0.5) is 5.69 Å². The van der Waals surface area contributed by atoms with Crippen molar-refractivity contribution in [2.45, 2.75) is 45.3 Å². The molecular weight excluding hydrogens is 314 g/mol. The molecule has 0 aromatic heterocycles. The van der Waals surface area contributed by atoms with Gasteiger partial charge in [-0.15, -0.1) is 0 Å². The van der Waals surface area contributed by atoms with Gasteiger partial charge in [-0.3, -0.25) is 0 Å². The van der Waals surface area contributed by atoms with Crippen LogP contribution in [0.1, 0.15) is 31.9 Å². The molecule has 0 heterocycles. The summed E-state index contributed by atoms with van der Waals surface area (Å²) in [6, 6.07) is 5.27. The standard InChI is InChI=1S/C17H30ClNO2Si/c1-17(2,3)15-10-14(19(4)5)9-13(11-22(7,8)18)16(15)21-12-20-6/h9-10H,11-12H2,1-8H3. The van der Waals surface area contributed by atoms with Crippen molar-refractivity contribution in [1.29, 1.82) is 0 Å². The third kappa shape index (κ3) is 5.49. The van der Waals surface area contributed by atoms with Crippen LogP contribution in [0.3, 0.4) is 0 Å². The van der Waals surface area contributed by atoms with E-state index in [1.54, 1.807) is 7.11 Å². The second-order valence-electron chi connectivity index (χ2n) is 7.57. The molecule has 1 rings (SSSR count). The lowest BCUT2D eigenvalue weighted by Crippen LogP contribution is -2.24. The van der Waals surface area contributed by atoms with Crippen LogP contribution >= 0.6 is 11.1 Å². The fourth-order valence-electron chi connectivity index (χ4n) is 2.36. The van der Waals surface area contributed by atoms with E-state index in [0.29, 0.717) is 0 Å². The Kier molecular flexibility index (Phi) is 6.36. The Morgan fingerprint density at radius 1 is 1.18 bits per heavy atom. The minimum absolute atomic E-state index is 0.0120. The van der Waals surface area contributed by atoms with E-state index in [1.165, 1.54) is 16.8 Å². The zero-order chi connectivity index (χ0) is 17.1. The highest BCUT2D eigenvalue weighted by Crippen LogP contribution is 2.39. The minimum atomic E-state index is -1.78. The maximum absolute atomic E-state index is 6.61. The summed E-state index contributed by atoms with van der Waals surface area (Å²) in [5.74, 6) is 0.932. The molecule has 0 aliphatic heterocycles. The second-order valence-corrected chi connectivity index (χ2v) is 14.4. The van der Waals surface area contributed by atoms with Crippen LogP contribution in [0.25, 0.3) is 0 Å². The Balaban J connectivity index is 3.50. The zero-order valence-electron chi connectivity index (χ0n) is 15.2. The molecule has 1 aromatic carbocycles. The Morgan fingerprint density at radius 3 is 2.18 bits per heavy atom. The average Bonchev–Trinajstić information content (AvgIpc) is 2.33. The number of nitrogens with zero attached hydrogens (tertiary/aromatic N) is 1. The van der Waals surface area contributed by atoms with Crippen molar-refractivity contribution < 1.29 is 9.47 Å². The largest absolute Gasteiger partial charge is 0.467 e. The molecule has 126 valence electrons. The maximum atomic E-state index is 6.61. The van der Waals surface area contributed by atoms with Crippen molar-refractivity contribution >= 4 is 24.2 Å². The number of anilines is 1. The van der Waals surface area contributed by atoms with Gasteiger partial charge in [-0.05, 0) is 29.2 Å². The van der Waals surface area contributed by atoms with Crippen molar-refractivity contribution in [2.24, 2.45) is 0 Å². The molecule has 0 atom stereocenters. The van der Waals surface area contributed by atoms with Crippen molar-refractivity contribution in [3.05, 3.63) is 23.3 Å². The summed E-state index contributed by atoms with van der Waals surface area (Å²) < 4.78 is 11.1. The minimum Gasteiger partial charge on any atom is -0.467 e. The molecule has 5 heteroatoms. The number of hydrogen-bond donors (Lipinski definition) is 0. The number of methoxy groups -OCH3 is 1.